The summed E-state index contributed by atoms with van der Waals surface area (Å²) in [7, 11) is 1.65. The third-order valence-electron chi connectivity index (χ3n) is 3.61. The van der Waals surface area contributed by atoms with E-state index < -0.39 is 0 Å². The minimum absolute atomic E-state index is 0.0657. The van der Waals surface area contributed by atoms with Crippen molar-refractivity contribution < 1.29 is 9.53 Å². The summed E-state index contributed by atoms with van der Waals surface area (Å²) in [5, 5.41) is 0. The summed E-state index contributed by atoms with van der Waals surface area (Å²) in [6.45, 7) is 6.00. The fourth-order valence-electron chi connectivity index (χ4n) is 2.30. The molecule has 2 aromatic carbocycles. The van der Waals surface area contributed by atoms with E-state index in [0.717, 1.165) is 34.4 Å². The lowest BCUT2D eigenvalue weighted by Crippen LogP contribution is -2.05. The Morgan fingerprint density at radius 1 is 1.05 bits per heavy atom. The molecule has 2 rings (SSSR count). The fraction of sp³-hybridized carbons (Fsp3) is 0.278. The number of hydrogen-bond acceptors (Lipinski definition) is 2. The van der Waals surface area contributed by atoms with E-state index in [1.54, 1.807) is 7.11 Å². The van der Waals surface area contributed by atoms with Gasteiger partial charge in [0, 0.05) is 11.1 Å². The molecule has 20 heavy (non-hydrogen) atoms. The van der Waals surface area contributed by atoms with Crippen molar-refractivity contribution in [3.8, 4) is 5.75 Å². The Balaban J connectivity index is 2.39. The van der Waals surface area contributed by atoms with Gasteiger partial charge in [0.05, 0.1) is 7.11 Å². The monoisotopic (exact) mass is 268 g/mol. The normalized spacial score (nSPS) is 10.4. The Morgan fingerprint density at radius 3 is 2.25 bits per heavy atom. The SMILES string of the molecule is CCc1ccc(C(=O)c2cc(C)c(OC)cc2C)cc1. The van der Waals surface area contributed by atoms with Crippen LogP contribution < -0.4 is 4.74 Å². The number of carbonyl (C=O) groups excluding carboxylic acids is 1. The highest BCUT2D eigenvalue weighted by atomic mass is 16.5. The largest absolute Gasteiger partial charge is 0.496 e. The minimum atomic E-state index is 0.0657. The van der Waals surface area contributed by atoms with E-state index in [-0.39, 0.29) is 5.78 Å². The molecule has 0 atom stereocenters. The van der Waals surface area contributed by atoms with E-state index in [1.807, 2.05) is 50.2 Å². The van der Waals surface area contributed by atoms with Crippen molar-refractivity contribution >= 4 is 5.78 Å². The summed E-state index contributed by atoms with van der Waals surface area (Å²) >= 11 is 0. The molecule has 0 aliphatic rings. The van der Waals surface area contributed by atoms with Gasteiger partial charge in [-0.05, 0) is 49.1 Å². The predicted molar refractivity (Wildman–Crippen MR) is 81.7 cm³/mol. The third-order valence-corrected chi connectivity index (χ3v) is 3.61. The van der Waals surface area contributed by atoms with Crippen LogP contribution in [0.4, 0.5) is 0 Å². The first-order chi connectivity index (χ1) is 9.56. The first-order valence-electron chi connectivity index (χ1n) is 6.85. The molecular formula is C18H20O2. The quantitative estimate of drug-likeness (QED) is 0.780. The fourth-order valence-corrected chi connectivity index (χ4v) is 2.30. The maximum Gasteiger partial charge on any atom is 0.193 e. The molecule has 0 aliphatic carbocycles. The van der Waals surface area contributed by atoms with Gasteiger partial charge in [-0.25, -0.2) is 0 Å². The van der Waals surface area contributed by atoms with Crippen molar-refractivity contribution in [3.63, 3.8) is 0 Å². The summed E-state index contributed by atoms with van der Waals surface area (Å²) in [5.41, 5.74) is 4.63. The van der Waals surface area contributed by atoms with Crippen LogP contribution in [-0.4, -0.2) is 12.9 Å². The molecule has 2 aromatic rings. The van der Waals surface area contributed by atoms with Gasteiger partial charge < -0.3 is 4.74 Å². The van der Waals surface area contributed by atoms with E-state index in [1.165, 1.54) is 5.56 Å². The van der Waals surface area contributed by atoms with E-state index in [4.69, 9.17) is 4.74 Å². The highest BCUT2D eigenvalue weighted by Crippen LogP contribution is 2.24. The predicted octanol–water partition coefficient (Wildman–Crippen LogP) is 4.11. The van der Waals surface area contributed by atoms with Crippen molar-refractivity contribution in [1.82, 2.24) is 0 Å². The smallest absolute Gasteiger partial charge is 0.193 e. The van der Waals surface area contributed by atoms with Crippen molar-refractivity contribution in [2.75, 3.05) is 7.11 Å². The van der Waals surface area contributed by atoms with Gasteiger partial charge in [-0.2, -0.15) is 0 Å². The number of ketones is 1. The zero-order valence-electron chi connectivity index (χ0n) is 12.5. The summed E-state index contributed by atoms with van der Waals surface area (Å²) in [6, 6.07) is 11.7. The maximum absolute atomic E-state index is 12.6. The first kappa shape index (κ1) is 14.3. The van der Waals surface area contributed by atoms with Crippen LogP contribution >= 0.6 is 0 Å². The van der Waals surface area contributed by atoms with E-state index in [2.05, 4.69) is 6.92 Å². The van der Waals surface area contributed by atoms with Crippen LogP contribution in [0.2, 0.25) is 0 Å². The number of carbonyl (C=O) groups is 1. The molecule has 0 fully saturated rings. The van der Waals surface area contributed by atoms with Gasteiger partial charge >= 0.3 is 0 Å². The number of methoxy groups -OCH3 is 1. The Hall–Kier alpha value is -2.09. The van der Waals surface area contributed by atoms with Crippen molar-refractivity contribution in [2.24, 2.45) is 0 Å². The van der Waals surface area contributed by atoms with Crippen LogP contribution in [0, 0.1) is 13.8 Å². The third kappa shape index (κ3) is 2.74. The van der Waals surface area contributed by atoms with Gasteiger partial charge in [-0.1, -0.05) is 31.2 Å². The van der Waals surface area contributed by atoms with E-state index >= 15 is 0 Å². The molecule has 0 spiro atoms. The highest BCUT2D eigenvalue weighted by molar-refractivity contribution is 6.10. The molecule has 0 N–H and O–H groups in total. The second-order valence-corrected chi connectivity index (χ2v) is 5.02. The van der Waals surface area contributed by atoms with Crippen molar-refractivity contribution in [1.29, 1.82) is 0 Å². The molecule has 0 heterocycles. The Bertz CT molecular complexity index is 625. The Morgan fingerprint density at radius 2 is 1.70 bits per heavy atom. The van der Waals surface area contributed by atoms with Crippen molar-refractivity contribution in [3.05, 3.63) is 64.2 Å². The van der Waals surface area contributed by atoms with Crippen LogP contribution in [0.15, 0.2) is 36.4 Å². The van der Waals surface area contributed by atoms with Gasteiger partial charge in [-0.15, -0.1) is 0 Å². The average molecular weight is 268 g/mol. The molecule has 0 amide bonds. The lowest BCUT2D eigenvalue weighted by atomic mass is 9.96. The van der Waals surface area contributed by atoms with Gasteiger partial charge in [0.15, 0.2) is 5.78 Å². The Labute approximate surface area is 120 Å². The molecule has 0 radical (unpaired) electrons. The number of rotatable bonds is 4. The van der Waals surface area contributed by atoms with E-state index in [0.29, 0.717) is 0 Å². The van der Waals surface area contributed by atoms with Crippen LogP contribution in [0.25, 0.3) is 0 Å². The molecule has 0 bridgehead atoms. The van der Waals surface area contributed by atoms with E-state index in [9.17, 15) is 4.79 Å². The molecule has 0 unspecified atom stereocenters. The molecule has 0 saturated heterocycles. The van der Waals surface area contributed by atoms with Gasteiger partial charge in [0.2, 0.25) is 0 Å². The summed E-state index contributed by atoms with van der Waals surface area (Å²) in [5.74, 6) is 0.885. The molecule has 0 aliphatic heterocycles. The highest BCUT2D eigenvalue weighted by Gasteiger charge is 2.14. The van der Waals surface area contributed by atoms with Gasteiger partial charge in [0.25, 0.3) is 0 Å². The second-order valence-electron chi connectivity index (χ2n) is 5.02. The zero-order valence-corrected chi connectivity index (χ0v) is 12.5. The number of ether oxygens (including phenoxy) is 1. The zero-order chi connectivity index (χ0) is 14.7. The molecular weight excluding hydrogens is 248 g/mol. The average Bonchev–Trinajstić information content (AvgIpc) is 2.48. The summed E-state index contributed by atoms with van der Waals surface area (Å²) < 4.78 is 5.29. The Kier molecular flexibility index (Phi) is 4.23. The summed E-state index contributed by atoms with van der Waals surface area (Å²) in [6.07, 6.45) is 0.981. The first-order valence-corrected chi connectivity index (χ1v) is 6.85. The lowest BCUT2D eigenvalue weighted by molar-refractivity contribution is 0.103. The topological polar surface area (TPSA) is 26.3 Å². The van der Waals surface area contributed by atoms with Crippen LogP contribution in [0.1, 0.15) is 39.5 Å². The standard InChI is InChI=1S/C18H20O2/c1-5-14-6-8-15(9-7-14)18(19)16-10-13(3)17(20-4)11-12(16)2/h6-11H,5H2,1-4H3. The molecule has 104 valence electrons. The van der Waals surface area contributed by atoms with Crippen LogP contribution in [0.5, 0.6) is 5.75 Å². The molecule has 0 saturated carbocycles. The second kappa shape index (κ2) is 5.91. The molecule has 2 heteroatoms. The van der Waals surface area contributed by atoms with Crippen LogP contribution in [0.3, 0.4) is 0 Å². The lowest BCUT2D eigenvalue weighted by Gasteiger charge is -2.11. The van der Waals surface area contributed by atoms with Crippen LogP contribution in [-0.2, 0) is 6.42 Å². The molecule has 0 aromatic heterocycles. The number of hydrogen-bond donors (Lipinski definition) is 0. The number of aryl methyl sites for hydroxylation is 3. The van der Waals surface area contributed by atoms with Gasteiger partial charge in [0.1, 0.15) is 5.75 Å². The molecule has 2 nitrogen and oxygen atoms in total. The summed E-state index contributed by atoms with van der Waals surface area (Å²) in [4.78, 5) is 12.6. The van der Waals surface area contributed by atoms with Gasteiger partial charge in [-0.3, -0.25) is 4.79 Å². The maximum atomic E-state index is 12.6. The van der Waals surface area contributed by atoms with Crippen molar-refractivity contribution in [2.45, 2.75) is 27.2 Å². The number of benzene rings is 2. The minimum Gasteiger partial charge on any atom is -0.496 e.